The summed E-state index contributed by atoms with van der Waals surface area (Å²) in [5, 5.41) is 9.18. The van der Waals surface area contributed by atoms with Gasteiger partial charge in [0.1, 0.15) is 23.8 Å². The van der Waals surface area contributed by atoms with Crippen molar-refractivity contribution in [1.82, 2.24) is 4.90 Å². The molecule has 11 heteroatoms. The van der Waals surface area contributed by atoms with Gasteiger partial charge < -0.3 is 10.6 Å². The van der Waals surface area contributed by atoms with Crippen LogP contribution in [-0.2, 0) is 14.9 Å². The van der Waals surface area contributed by atoms with Crippen molar-refractivity contribution < 1.29 is 30.9 Å². The molecule has 1 saturated heterocycles. The van der Waals surface area contributed by atoms with E-state index in [0.717, 1.165) is 10.5 Å². The number of carbonyl (C=O) groups is 1. The standard InChI is InChI=1S/C20H18F3N3O.C7H8O3S/c21-14-5-1-12(2-6-14)18(13-3-7-15(22)8-4-13)19(25)20(27)26-11-16(23)9-17(26)10-24;1-6-2-4-7(5-3-6)11(8,9)10/h1-8,16-19H,9,11,25H2;2-5H,1H3,(H,8,9,10)/t16-,17-,19-;/m0./s1. The van der Waals surface area contributed by atoms with Crippen LogP contribution in [0.15, 0.2) is 77.7 Å². The van der Waals surface area contributed by atoms with Crippen molar-refractivity contribution >= 4 is 16.0 Å². The van der Waals surface area contributed by atoms with E-state index in [0.29, 0.717) is 11.1 Å². The van der Waals surface area contributed by atoms with Gasteiger partial charge in [0, 0.05) is 12.3 Å². The molecule has 0 saturated carbocycles. The third-order valence-corrected chi connectivity index (χ3v) is 6.97. The highest BCUT2D eigenvalue weighted by Gasteiger charge is 2.40. The second-order valence-corrected chi connectivity index (χ2v) is 10.3. The van der Waals surface area contributed by atoms with Crippen molar-refractivity contribution in [2.75, 3.05) is 6.54 Å². The summed E-state index contributed by atoms with van der Waals surface area (Å²) in [5.74, 6) is -2.15. The fourth-order valence-corrected chi connectivity index (χ4v) is 4.62. The van der Waals surface area contributed by atoms with Crippen molar-refractivity contribution in [3.05, 3.63) is 101 Å². The van der Waals surface area contributed by atoms with Gasteiger partial charge in [0.05, 0.1) is 23.6 Å². The van der Waals surface area contributed by atoms with Gasteiger partial charge in [-0.1, -0.05) is 42.0 Å². The summed E-state index contributed by atoms with van der Waals surface area (Å²) in [6, 6.07) is 16.9. The molecule has 1 amide bonds. The number of benzene rings is 3. The molecule has 1 heterocycles. The van der Waals surface area contributed by atoms with Gasteiger partial charge in [0.2, 0.25) is 5.91 Å². The largest absolute Gasteiger partial charge is 0.322 e. The number of likely N-dealkylation sites (tertiary alicyclic amines) is 1. The van der Waals surface area contributed by atoms with Crippen molar-refractivity contribution in [2.24, 2.45) is 5.73 Å². The van der Waals surface area contributed by atoms with Gasteiger partial charge in [-0.05, 0) is 54.4 Å². The Kier molecular flexibility index (Phi) is 9.27. The van der Waals surface area contributed by atoms with Crippen molar-refractivity contribution in [3.8, 4) is 6.07 Å². The van der Waals surface area contributed by atoms with Gasteiger partial charge in [-0.2, -0.15) is 13.7 Å². The van der Waals surface area contributed by atoms with E-state index in [1.165, 1.54) is 60.7 Å². The summed E-state index contributed by atoms with van der Waals surface area (Å²) < 4.78 is 69.9. The predicted molar refractivity (Wildman–Crippen MR) is 134 cm³/mol. The molecule has 0 aromatic heterocycles. The lowest BCUT2D eigenvalue weighted by Crippen LogP contribution is -2.49. The lowest BCUT2D eigenvalue weighted by atomic mass is 9.84. The van der Waals surface area contributed by atoms with Crippen LogP contribution in [0.3, 0.4) is 0 Å². The number of hydrogen-bond donors (Lipinski definition) is 2. The number of nitrogens with zero attached hydrogens (tertiary/aromatic N) is 2. The minimum absolute atomic E-state index is 0.0489. The van der Waals surface area contributed by atoms with E-state index in [2.05, 4.69) is 0 Å². The zero-order chi connectivity index (χ0) is 28.0. The molecule has 0 bridgehead atoms. The molecule has 0 unspecified atom stereocenters. The summed E-state index contributed by atoms with van der Waals surface area (Å²) in [5.41, 5.74) is 8.32. The molecule has 3 atom stereocenters. The quantitative estimate of drug-likeness (QED) is 0.465. The number of amides is 1. The molecular formula is C27H26F3N3O4S. The van der Waals surface area contributed by atoms with Gasteiger partial charge in [-0.3, -0.25) is 9.35 Å². The summed E-state index contributed by atoms with van der Waals surface area (Å²) in [7, 11) is -4.02. The van der Waals surface area contributed by atoms with E-state index in [9.17, 15) is 31.6 Å². The maximum atomic E-state index is 13.7. The third kappa shape index (κ3) is 7.19. The minimum Gasteiger partial charge on any atom is -0.322 e. The smallest absolute Gasteiger partial charge is 0.294 e. The number of rotatable bonds is 5. The van der Waals surface area contributed by atoms with Gasteiger partial charge in [-0.25, -0.2) is 13.2 Å². The minimum atomic E-state index is -4.02. The van der Waals surface area contributed by atoms with E-state index in [1.54, 1.807) is 12.1 Å². The Bertz CT molecular complexity index is 1350. The molecule has 0 aliphatic carbocycles. The molecule has 1 aliphatic rings. The summed E-state index contributed by atoms with van der Waals surface area (Å²) >= 11 is 0. The van der Waals surface area contributed by atoms with Crippen LogP contribution in [-0.4, -0.2) is 48.6 Å². The SMILES string of the molecule is Cc1ccc(S(=O)(=O)O)cc1.N#C[C@@H]1C[C@H](F)CN1C(=O)[C@@H](N)C(c1ccc(F)cc1)c1ccc(F)cc1. The normalized spacial score (nSPS) is 17.9. The number of alkyl halides is 1. The highest BCUT2D eigenvalue weighted by atomic mass is 32.2. The van der Waals surface area contributed by atoms with E-state index in [-0.39, 0.29) is 17.9 Å². The Morgan fingerprint density at radius 2 is 1.47 bits per heavy atom. The molecule has 4 rings (SSSR count). The number of hydrogen-bond acceptors (Lipinski definition) is 5. The summed E-state index contributed by atoms with van der Waals surface area (Å²) in [6.45, 7) is 1.65. The number of nitrogens with two attached hydrogens (primary N) is 1. The van der Waals surface area contributed by atoms with Crippen molar-refractivity contribution in [2.45, 2.75) is 42.4 Å². The highest BCUT2D eigenvalue weighted by molar-refractivity contribution is 7.85. The van der Waals surface area contributed by atoms with Crippen LogP contribution in [0.4, 0.5) is 13.2 Å². The molecule has 1 aliphatic heterocycles. The second kappa shape index (κ2) is 12.2. The first-order valence-electron chi connectivity index (χ1n) is 11.6. The van der Waals surface area contributed by atoms with Crippen LogP contribution < -0.4 is 5.73 Å². The van der Waals surface area contributed by atoms with E-state index in [1.807, 2.05) is 13.0 Å². The zero-order valence-corrected chi connectivity index (χ0v) is 21.2. The molecule has 3 aromatic rings. The van der Waals surface area contributed by atoms with Gasteiger partial charge in [-0.15, -0.1) is 0 Å². The third-order valence-electron chi connectivity index (χ3n) is 6.10. The molecule has 1 fully saturated rings. The van der Waals surface area contributed by atoms with Crippen LogP contribution in [0.25, 0.3) is 0 Å². The van der Waals surface area contributed by atoms with Crippen LogP contribution in [0.1, 0.15) is 29.0 Å². The van der Waals surface area contributed by atoms with Gasteiger partial charge >= 0.3 is 0 Å². The first-order chi connectivity index (χ1) is 17.9. The van der Waals surface area contributed by atoms with Gasteiger partial charge in [0.25, 0.3) is 10.1 Å². The van der Waals surface area contributed by atoms with Crippen LogP contribution in [0.5, 0.6) is 0 Å². The fourth-order valence-electron chi connectivity index (χ4n) is 4.14. The molecule has 3 aromatic carbocycles. The number of nitriles is 1. The molecule has 38 heavy (non-hydrogen) atoms. The maximum absolute atomic E-state index is 13.7. The Labute approximate surface area is 219 Å². The molecule has 0 radical (unpaired) electrons. The second-order valence-electron chi connectivity index (χ2n) is 8.86. The summed E-state index contributed by atoms with van der Waals surface area (Å²) in [6.07, 6.45) is -1.33. The van der Waals surface area contributed by atoms with E-state index >= 15 is 0 Å². The number of aryl methyl sites for hydroxylation is 1. The van der Waals surface area contributed by atoms with Crippen LogP contribution >= 0.6 is 0 Å². The monoisotopic (exact) mass is 545 g/mol. The first kappa shape index (κ1) is 28.8. The Morgan fingerprint density at radius 1 is 1.00 bits per heavy atom. The Morgan fingerprint density at radius 3 is 1.89 bits per heavy atom. The summed E-state index contributed by atoms with van der Waals surface area (Å²) in [4.78, 5) is 14.0. The first-order valence-corrected chi connectivity index (χ1v) is 13.0. The topological polar surface area (TPSA) is 124 Å². The van der Waals surface area contributed by atoms with E-state index in [4.69, 9.17) is 10.3 Å². The van der Waals surface area contributed by atoms with Gasteiger partial charge in [0.15, 0.2) is 0 Å². The fraction of sp³-hybridized carbons (Fsp3) is 0.259. The lowest BCUT2D eigenvalue weighted by molar-refractivity contribution is -0.133. The molecule has 3 N–H and O–H groups in total. The number of carbonyl (C=O) groups excluding carboxylic acids is 1. The van der Waals surface area contributed by atoms with Crippen LogP contribution in [0, 0.1) is 29.9 Å². The highest BCUT2D eigenvalue weighted by Crippen LogP contribution is 2.30. The lowest BCUT2D eigenvalue weighted by Gasteiger charge is -2.29. The molecule has 0 spiro atoms. The molecule has 7 nitrogen and oxygen atoms in total. The van der Waals surface area contributed by atoms with Crippen molar-refractivity contribution in [3.63, 3.8) is 0 Å². The average Bonchev–Trinajstić information content (AvgIpc) is 3.26. The maximum Gasteiger partial charge on any atom is 0.294 e. The zero-order valence-electron chi connectivity index (χ0n) is 20.3. The van der Waals surface area contributed by atoms with Crippen molar-refractivity contribution in [1.29, 1.82) is 5.26 Å². The molecular weight excluding hydrogens is 519 g/mol. The predicted octanol–water partition coefficient (Wildman–Crippen LogP) is 4.13. The average molecular weight is 546 g/mol. The number of halogens is 3. The Balaban J connectivity index is 0.000000304. The Hall–Kier alpha value is -3.72. The van der Waals surface area contributed by atoms with Crippen LogP contribution in [0.2, 0.25) is 0 Å². The van der Waals surface area contributed by atoms with E-state index < -0.39 is 51.8 Å². The molecule has 200 valence electrons.